The minimum absolute atomic E-state index is 0.0166. The number of unbranched alkanes of at least 4 members (excludes halogenated alkanes) is 3. The molecule has 0 aromatic carbocycles. The Morgan fingerprint density at radius 3 is 2.70 bits per heavy atom. The van der Waals surface area contributed by atoms with Crippen LogP contribution in [0.3, 0.4) is 0 Å². The summed E-state index contributed by atoms with van der Waals surface area (Å²) in [6.45, 7) is 6.02. The van der Waals surface area contributed by atoms with Crippen molar-refractivity contribution in [2.45, 2.75) is 65.2 Å². The predicted molar refractivity (Wildman–Crippen MR) is 109 cm³/mol. The Kier molecular flexibility index (Phi) is 8.98. The highest BCUT2D eigenvalue weighted by molar-refractivity contribution is 7.14. The number of Topliss-reactive ketones (excluding diaryl/α,β-unsaturated/α-hetero) is 1. The lowest BCUT2D eigenvalue weighted by Crippen LogP contribution is -2.45. The van der Waals surface area contributed by atoms with Gasteiger partial charge in [0.05, 0.1) is 10.8 Å². The zero-order chi connectivity index (χ0) is 19.6. The third-order valence-corrected chi connectivity index (χ3v) is 6.10. The summed E-state index contributed by atoms with van der Waals surface area (Å²) in [5.41, 5.74) is 0. The maximum Gasteiger partial charge on any atom is 0.224 e. The lowest BCUT2D eigenvalue weighted by Gasteiger charge is -2.32. The van der Waals surface area contributed by atoms with E-state index in [1.165, 1.54) is 24.2 Å². The molecule has 1 unspecified atom stereocenters. The van der Waals surface area contributed by atoms with Crippen molar-refractivity contribution in [3.63, 3.8) is 0 Å². The minimum atomic E-state index is -0.121. The van der Waals surface area contributed by atoms with Crippen LogP contribution in [-0.4, -0.2) is 42.1 Å². The number of likely N-dealkylation sites (tertiary alicyclic amines) is 1. The second-order valence-electron chi connectivity index (χ2n) is 7.36. The molecule has 1 aliphatic rings. The maximum absolute atomic E-state index is 12.5. The molecule has 1 fully saturated rings. The average Bonchev–Trinajstić information content (AvgIpc) is 3.12. The van der Waals surface area contributed by atoms with Gasteiger partial charge in [-0.1, -0.05) is 26.2 Å². The van der Waals surface area contributed by atoms with E-state index in [9.17, 15) is 14.4 Å². The molecule has 2 rings (SSSR count). The Bertz CT molecular complexity index is 641. The Labute approximate surface area is 166 Å². The Morgan fingerprint density at radius 2 is 2.00 bits per heavy atom. The van der Waals surface area contributed by atoms with Gasteiger partial charge < -0.3 is 10.2 Å². The fourth-order valence-electron chi connectivity index (χ4n) is 3.41. The second-order valence-corrected chi connectivity index (χ2v) is 8.65. The first-order valence-corrected chi connectivity index (χ1v) is 11.0. The second kappa shape index (κ2) is 11.2. The van der Waals surface area contributed by atoms with Crippen LogP contribution >= 0.6 is 11.3 Å². The highest BCUT2D eigenvalue weighted by Gasteiger charge is 2.28. The highest BCUT2D eigenvalue weighted by Crippen LogP contribution is 2.20. The molecule has 0 aliphatic carbocycles. The molecule has 1 atom stereocenters. The van der Waals surface area contributed by atoms with E-state index < -0.39 is 0 Å². The first-order chi connectivity index (χ1) is 13.0. The standard InChI is InChI=1S/C21H32N2O3S/c1-3-4-5-6-13-22-21(26)17-8-7-14-23(15-17)20(25)12-10-18(24)19-11-9-16(2)27-19/h9,11,17H,3-8,10,12-15H2,1-2H3,(H,22,26). The predicted octanol–water partition coefficient (Wildman–Crippen LogP) is 3.95. The Morgan fingerprint density at radius 1 is 1.19 bits per heavy atom. The number of aryl methyl sites for hydroxylation is 1. The SMILES string of the molecule is CCCCCCNC(=O)C1CCCN(C(=O)CCC(=O)c2ccc(C)s2)C1. The van der Waals surface area contributed by atoms with Crippen LogP contribution in [0.1, 0.15) is 72.8 Å². The van der Waals surface area contributed by atoms with Crippen LogP contribution in [0.4, 0.5) is 0 Å². The number of hydrogen-bond donors (Lipinski definition) is 1. The van der Waals surface area contributed by atoms with Gasteiger partial charge in [-0.25, -0.2) is 0 Å². The zero-order valence-corrected chi connectivity index (χ0v) is 17.4. The van der Waals surface area contributed by atoms with Crippen LogP contribution in [0.5, 0.6) is 0 Å². The van der Waals surface area contributed by atoms with Crippen LogP contribution in [0.15, 0.2) is 12.1 Å². The summed E-state index contributed by atoms with van der Waals surface area (Å²) < 4.78 is 0. The lowest BCUT2D eigenvalue weighted by atomic mass is 9.96. The van der Waals surface area contributed by atoms with E-state index in [1.807, 2.05) is 19.1 Å². The molecule has 0 spiro atoms. The number of ketones is 1. The van der Waals surface area contributed by atoms with Crippen LogP contribution in [-0.2, 0) is 9.59 Å². The van der Waals surface area contributed by atoms with Crippen molar-refractivity contribution in [2.24, 2.45) is 5.92 Å². The highest BCUT2D eigenvalue weighted by atomic mass is 32.1. The van der Waals surface area contributed by atoms with Crippen molar-refractivity contribution < 1.29 is 14.4 Å². The van der Waals surface area contributed by atoms with Gasteiger partial charge in [0.1, 0.15) is 0 Å². The van der Waals surface area contributed by atoms with Crippen LogP contribution in [0.25, 0.3) is 0 Å². The molecule has 6 heteroatoms. The summed E-state index contributed by atoms with van der Waals surface area (Å²) in [4.78, 5) is 40.6. The molecular formula is C21H32N2O3S. The van der Waals surface area contributed by atoms with E-state index in [2.05, 4.69) is 12.2 Å². The van der Waals surface area contributed by atoms with Crippen molar-refractivity contribution in [3.05, 3.63) is 21.9 Å². The number of carbonyl (C=O) groups is 3. The smallest absolute Gasteiger partial charge is 0.224 e. The monoisotopic (exact) mass is 392 g/mol. The molecular weight excluding hydrogens is 360 g/mol. The molecule has 2 heterocycles. The molecule has 150 valence electrons. The topological polar surface area (TPSA) is 66.5 Å². The van der Waals surface area contributed by atoms with Gasteiger partial charge in [-0.15, -0.1) is 11.3 Å². The van der Waals surface area contributed by atoms with Crippen molar-refractivity contribution in [3.8, 4) is 0 Å². The molecule has 2 amide bonds. The summed E-state index contributed by atoms with van der Waals surface area (Å²) in [5.74, 6) is -0.0458. The van der Waals surface area contributed by atoms with Crippen LogP contribution < -0.4 is 5.32 Å². The number of carbonyl (C=O) groups excluding carboxylic acids is 3. The Balaban J connectivity index is 1.73. The molecule has 0 bridgehead atoms. The van der Waals surface area contributed by atoms with Crippen molar-refractivity contribution in [1.29, 1.82) is 0 Å². The Hall–Kier alpha value is -1.69. The van der Waals surface area contributed by atoms with Gasteiger partial charge >= 0.3 is 0 Å². The molecule has 1 aromatic heterocycles. The molecule has 0 saturated carbocycles. The van der Waals surface area contributed by atoms with Gasteiger partial charge in [0, 0.05) is 37.4 Å². The summed E-state index contributed by atoms with van der Waals surface area (Å²) in [7, 11) is 0. The van der Waals surface area contributed by atoms with Crippen molar-refractivity contribution in [2.75, 3.05) is 19.6 Å². The summed E-state index contributed by atoms with van der Waals surface area (Å²) in [5, 5.41) is 3.02. The van der Waals surface area contributed by atoms with E-state index >= 15 is 0 Å². The van der Waals surface area contributed by atoms with Crippen LogP contribution in [0, 0.1) is 12.8 Å². The van der Waals surface area contributed by atoms with Crippen LogP contribution in [0.2, 0.25) is 0 Å². The molecule has 1 aromatic rings. The number of nitrogens with one attached hydrogen (secondary N) is 1. The van der Waals surface area contributed by atoms with Crippen molar-refractivity contribution in [1.82, 2.24) is 10.2 Å². The molecule has 0 radical (unpaired) electrons. The van der Waals surface area contributed by atoms with Gasteiger partial charge in [-0.3, -0.25) is 14.4 Å². The average molecular weight is 393 g/mol. The number of hydrogen-bond acceptors (Lipinski definition) is 4. The normalized spacial score (nSPS) is 17.0. The quantitative estimate of drug-likeness (QED) is 0.484. The van der Waals surface area contributed by atoms with E-state index in [1.54, 1.807) is 4.90 Å². The molecule has 1 aliphatic heterocycles. The molecule has 27 heavy (non-hydrogen) atoms. The van der Waals surface area contributed by atoms with Gasteiger partial charge in [-0.05, 0) is 38.3 Å². The van der Waals surface area contributed by atoms with E-state index in [4.69, 9.17) is 0 Å². The number of rotatable bonds is 10. The fourth-order valence-corrected chi connectivity index (χ4v) is 4.25. The first kappa shape index (κ1) is 21.6. The lowest BCUT2D eigenvalue weighted by molar-refractivity contribution is -0.135. The van der Waals surface area contributed by atoms with Gasteiger partial charge in [0.2, 0.25) is 11.8 Å². The molecule has 1 N–H and O–H groups in total. The first-order valence-electron chi connectivity index (χ1n) is 10.2. The largest absolute Gasteiger partial charge is 0.356 e. The van der Waals surface area contributed by atoms with E-state index in [0.717, 1.165) is 42.0 Å². The summed E-state index contributed by atoms with van der Waals surface area (Å²) in [6.07, 6.45) is 6.68. The molecule has 1 saturated heterocycles. The van der Waals surface area contributed by atoms with Gasteiger partial charge in [0.25, 0.3) is 0 Å². The number of thiophene rings is 1. The third kappa shape index (κ3) is 7.09. The van der Waals surface area contributed by atoms with Crippen molar-refractivity contribution >= 4 is 28.9 Å². The summed E-state index contributed by atoms with van der Waals surface area (Å²) in [6, 6.07) is 3.75. The number of nitrogens with zero attached hydrogens (tertiary/aromatic N) is 1. The third-order valence-electron chi connectivity index (χ3n) is 5.06. The van der Waals surface area contributed by atoms with Gasteiger partial charge in [-0.2, -0.15) is 0 Å². The van der Waals surface area contributed by atoms with E-state index in [-0.39, 0.29) is 36.4 Å². The fraction of sp³-hybridized carbons (Fsp3) is 0.667. The number of amides is 2. The zero-order valence-electron chi connectivity index (χ0n) is 16.6. The summed E-state index contributed by atoms with van der Waals surface area (Å²) >= 11 is 1.47. The number of piperidine rings is 1. The van der Waals surface area contributed by atoms with Gasteiger partial charge in [0.15, 0.2) is 5.78 Å². The minimum Gasteiger partial charge on any atom is -0.356 e. The maximum atomic E-state index is 12.5. The van der Waals surface area contributed by atoms with E-state index in [0.29, 0.717) is 13.1 Å². The molecule has 5 nitrogen and oxygen atoms in total.